The Hall–Kier alpha value is -0.0800. The smallest absolute Gasteiger partial charge is 0.000985 e. The lowest BCUT2D eigenvalue weighted by Crippen LogP contribution is -2.35. The van der Waals surface area contributed by atoms with Gasteiger partial charge in [0.25, 0.3) is 0 Å². The SMILES string of the molecule is CN1CC2CCCCC2C1.CN1CCC2CCCC2C1. The Bertz CT molecular complexity index is 290. The predicted molar refractivity (Wildman–Crippen MR) is 85.9 cm³/mol. The molecular formula is C18H34N2. The molecule has 0 aromatic heterocycles. The van der Waals surface area contributed by atoms with Crippen molar-refractivity contribution in [3.63, 3.8) is 0 Å². The molecule has 2 heterocycles. The molecule has 2 aliphatic heterocycles. The number of rotatable bonds is 0. The molecule has 116 valence electrons. The Kier molecular flexibility index (Phi) is 5.04. The molecule has 2 saturated heterocycles. The molecule has 4 unspecified atom stereocenters. The van der Waals surface area contributed by atoms with Crippen molar-refractivity contribution >= 4 is 0 Å². The highest BCUT2D eigenvalue weighted by Crippen LogP contribution is 2.37. The maximum Gasteiger partial charge on any atom is 0.000985 e. The number of piperidine rings is 1. The van der Waals surface area contributed by atoms with Gasteiger partial charge in [0.15, 0.2) is 0 Å². The molecule has 0 aromatic rings. The van der Waals surface area contributed by atoms with Crippen LogP contribution in [0.15, 0.2) is 0 Å². The van der Waals surface area contributed by atoms with Gasteiger partial charge in [-0.3, -0.25) is 0 Å². The first-order chi connectivity index (χ1) is 9.72. The second-order valence-corrected chi connectivity index (χ2v) is 8.03. The average molecular weight is 278 g/mol. The average Bonchev–Trinajstić information content (AvgIpc) is 3.03. The summed E-state index contributed by atoms with van der Waals surface area (Å²) in [5.74, 6) is 4.31. The van der Waals surface area contributed by atoms with Crippen LogP contribution in [-0.2, 0) is 0 Å². The molecule has 0 aromatic carbocycles. The highest BCUT2D eigenvalue weighted by Gasteiger charge is 2.32. The number of hydrogen-bond acceptors (Lipinski definition) is 2. The summed E-state index contributed by atoms with van der Waals surface area (Å²) in [6, 6.07) is 0. The molecule has 2 heteroatoms. The van der Waals surface area contributed by atoms with Crippen molar-refractivity contribution in [1.82, 2.24) is 9.80 Å². The summed E-state index contributed by atoms with van der Waals surface area (Å²) in [5, 5.41) is 0. The summed E-state index contributed by atoms with van der Waals surface area (Å²) >= 11 is 0. The van der Waals surface area contributed by atoms with E-state index in [1.165, 1.54) is 77.5 Å². The Labute approximate surface area is 125 Å². The molecule has 20 heavy (non-hydrogen) atoms. The van der Waals surface area contributed by atoms with Crippen LogP contribution in [0.4, 0.5) is 0 Å². The van der Waals surface area contributed by atoms with Crippen LogP contribution in [0, 0.1) is 23.7 Å². The Balaban J connectivity index is 0.000000121. The van der Waals surface area contributed by atoms with E-state index in [0.29, 0.717) is 0 Å². The van der Waals surface area contributed by atoms with Crippen LogP contribution in [0.3, 0.4) is 0 Å². The van der Waals surface area contributed by atoms with Gasteiger partial charge in [-0.2, -0.15) is 0 Å². The van der Waals surface area contributed by atoms with Crippen LogP contribution < -0.4 is 0 Å². The molecule has 2 aliphatic carbocycles. The van der Waals surface area contributed by atoms with Crippen molar-refractivity contribution in [3.8, 4) is 0 Å². The quantitative estimate of drug-likeness (QED) is 0.669. The predicted octanol–water partition coefficient (Wildman–Crippen LogP) is 3.48. The summed E-state index contributed by atoms with van der Waals surface area (Å²) in [4.78, 5) is 4.99. The number of likely N-dealkylation sites (tertiary alicyclic amines) is 2. The number of nitrogens with zero attached hydrogens (tertiary/aromatic N) is 2. The molecule has 0 spiro atoms. The minimum Gasteiger partial charge on any atom is -0.306 e. The fraction of sp³-hybridized carbons (Fsp3) is 1.00. The Morgan fingerprint density at radius 3 is 1.75 bits per heavy atom. The van der Waals surface area contributed by atoms with E-state index in [9.17, 15) is 0 Å². The summed E-state index contributed by atoms with van der Waals surface area (Å²) < 4.78 is 0. The fourth-order valence-electron chi connectivity index (χ4n) is 5.25. The van der Waals surface area contributed by atoms with E-state index in [1.807, 2.05) is 0 Å². The molecule has 0 radical (unpaired) electrons. The molecule has 2 nitrogen and oxygen atoms in total. The van der Waals surface area contributed by atoms with E-state index in [1.54, 1.807) is 0 Å². The zero-order chi connectivity index (χ0) is 13.9. The minimum atomic E-state index is 1.07. The standard InChI is InChI=1S/2C9H17N/c1-10-6-5-8-3-2-4-9(8)7-10;1-10-6-8-4-2-3-5-9(8)7-10/h2*8-9H,2-7H2,1H3. The summed E-state index contributed by atoms with van der Waals surface area (Å²) in [6.45, 7) is 5.49. The molecule has 4 aliphatic rings. The monoisotopic (exact) mass is 278 g/mol. The van der Waals surface area contributed by atoms with E-state index in [2.05, 4.69) is 23.9 Å². The first-order valence-electron chi connectivity index (χ1n) is 9.09. The minimum absolute atomic E-state index is 1.07. The third kappa shape index (κ3) is 3.57. The van der Waals surface area contributed by atoms with Crippen LogP contribution in [0.5, 0.6) is 0 Å². The van der Waals surface area contributed by atoms with E-state index in [-0.39, 0.29) is 0 Å². The molecule has 0 amide bonds. The van der Waals surface area contributed by atoms with Crippen molar-refractivity contribution in [2.24, 2.45) is 23.7 Å². The van der Waals surface area contributed by atoms with Crippen molar-refractivity contribution in [1.29, 1.82) is 0 Å². The van der Waals surface area contributed by atoms with E-state index in [0.717, 1.165) is 23.7 Å². The van der Waals surface area contributed by atoms with Crippen molar-refractivity contribution < 1.29 is 0 Å². The molecule has 4 rings (SSSR count). The Morgan fingerprint density at radius 2 is 1.05 bits per heavy atom. The van der Waals surface area contributed by atoms with Gasteiger partial charge in [0.05, 0.1) is 0 Å². The van der Waals surface area contributed by atoms with Crippen LogP contribution in [0.25, 0.3) is 0 Å². The third-order valence-electron chi connectivity index (χ3n) is 6.40. The third-order valence-corrected chi connectivity index (χ3v) is 6.40. The summed E-state index contributed by atoms with van der Waals surface area (Å²) in [5.41, 5.74) is 0. The van der Waals surface area contributed by atoms with Crippen molar-refractivity contribution in [3.05, 3.63) is 0 Å². The topological polar surface area (TPSA) is 6.48 Å². The first-order valence-corrected chi connectivity index (χ1v) is 9.09. The molecule has 4 fully saturated rings. The maximum absolute atomic E-state index is 2.50. The summed E-state index contributed by atoms with van der Waals surface area (Å²) in [6.07, 6.45) is 12.0. The fourth-order valence-corrected chi connectivity index (χ4v) is 5.25. The van der Waals surface area contributed by atoms with E-state index in [4.69, 9.17) is 0 Å². The lowest BCUT2D eigenvalue weighted by Gasteiger charge is -2.32. The molecule has 0 N–H and O–H groups in total. The second-order valence-electron chi connectivity index (χ2n) is 8.03. The van der Waals surface area contributed by atoms with E-state index >= 15 is 0 Å². The first kappa shape index (κ1) is 14.8. The molecular weight excluding hydrogens is 244 g/mol. The van der Waals surface area contributed by atoms with Gasteiger partial charge in [-0.15, -0.1) is 0 Å². The van der Waals surface area contributed by atoms with Crippen molar-refractivity contribution in [2.45, 2.75) is 51.4 Å². The van der Waals surface area contributed by atoms with Gasteiger partial charge < -0.3 is 9.80 Å². The molecule has 2 saturated carbocycles. The van der Waals surface area contributed by atoms with Gasteiger partial charge in [0.2, 0.25) is 0 Å². The van der Waals surface area contributed by atoms with Gasteiger partial charge in [0.1, 0.15) is 0 Å². The highest BCUT2D eigenvalue weighted by atomic mass is 15.1. The van der Waals surface area contributed by atoms with Crippen LogP contribution >= 0.6 is 0 Å². The lowest BCUT2D eigenvalue weighted by atomic mass is 9.82. The van der Waals surface area contributed by atoms with E-state index < -0.39 is 0 Å². The zero-order valence-corrected chi connectivity index (χ0v) is 13.7. The zero-order valence-electron chi connectivity index (χ0n) is 13.7. The molecule has 4 atom stereocenters. The second kappa shape index (κ2) is 6.79. The highest BCUT2D eigenvalue weighted by molar-refractivity contribution is 4.85. The Morgan fingerprint density at radius 1 is 0.550 bits per heavy atom. The van der Waals surface area contributed by atoms with Gasteiger partial charge in [-0.05, 0) is 70.0 Å². The maximum atomic E-state index is 2.50. The van der Waals surface area contributed by atoms with Gasteiger partial charge in [-0.25, -0.2) is 0 Å². The van der Waals surface area contributed by atoms with Gasteiger partial charge >= 0.3 is 0 Å². The van der Waals surface area contributed by atoms with Crippen LogP contribution in [0.1, 0.15) is 51.4 Å². The van der Waals surface area contributed by atoms with Gasteiger partial charge in [-0.1, -0.05) is 25.7 Å². The van der Waals surface area contributed by atoms with Crippen LogP contribution in [-0.4, -0.2) is 50.1 Å². The summed E-state index contributed by atoms with van der Waals surface area (Å²) in [7, 11) is 4.52. The van der Waals surface area contributed by atoms with Gasteiger partial charge in [0, 0.05) is 19.6 Å². The number of hydrogen-bond donors (Lipinski definition) is 0. The normalized spacial score (nSPS) is 41.7. The largest absolute Gasteiger partial charge is 0.306 e. The van der Waals surface area contributed by atoms with Crippen LogP contribution in [0.2, 0.25) is 0 Å². The lowest BCUT2D eigenvalue weighted by molar-refractivity contribution is 0.166. The number of fused-ring (bicyclic) bond motifs is 2. The molecule has 0 bridgehead atoms. The van der Waals surface area contributed by atoms with Crippen molar-refractivity contribution in [2.75, 3.05) is 40.3 Å².